The molecule has 0 saturated carbocycles. The molecule has 2 atom stereocenters. The van der Waals surface area contributed by atoms with E-state index >= 15 is 0 Å². The van der Waals surface area contributed by atoms with Gasteiger partial charge in [-0.2, -0.15) is 11.8 Å². The van der Waals surface area contributed by atoms with Crippen molar-refractivity contribution >= 4 is 17.7 Å². The number of benzene rings is 1. The Morgan fingerprint density at radius 2 is 2.19 bits per heavy atom. The first kappa shape index (κ1) is 14.7. The summed E-state index contributed by atoms with van der Waals surface area (Å²) in [5.41, 5.74) is 0.569. The van der Waals surface area contributed by atoms with Gasteiger partial charge in [-0.15, -0.1) is 0 Å². The molecule has 2 saturated heterocycles. The Hall–Kier alpha value is -1.20. The van der Waals surface area contributed by atoms with E-state index in [1.54, 1.807) is 12.1 Å². The topological polar surface area (TPSA) is 44.8 Å². The monoisotopic (exact) mass is 308 g/mol. The molecule has 1 aromatic carbocycles. The Balaban J connectivity index is 1.62. The molecule has 4 nitrogen and oxygen atoms in total. The summed E-state index contributed by atoms with van der Waals surface area (Å²) in [6.45, 7) is 0.769. The fourth-order valence-electron chi connectivity index (χ4n) is 2.93. The van der Waals surface area contributed by atoms with Crippen LogP contribution in [0.3, 0.4) is 0 Å². The molecule has 0 amide bonds. The standard InChI is InChI=1S/C16H20O4S/c1-18-15(17)12-2-4-13(5-3-12)20-14-6-8-19-16(10-14)7-9-21-11-16/h2-5,14H,6-11H2,1H3. The van der Waals surface area contributed by atoms with Crippen LogP contribution in [0.5, 0.6) is 5.75 Å². The van der Waals surface area contributed by atoms with Crippen molar-refractivity contribution in [1.82, 2.24) is 0 Å². The highest BCUT2D eigenvalue weighted by atomic mass is 32.2. The average molecular weight is 308 g/mol. The molecule has 21 heavy (non-hydrogen) atoms. The van der Waals surface area contributed by atoms with Crippen molar-refractivity contribution in [3.63, 3.8) is 0 Å². The third-order valence-corrected chi connectivity index (χ3v) is 5.32. The Bertz CT molecular complexity index is 494. The lowest BCUT2D eigenvalue weighted by Crippen LogP contribution is -2.43. The first-order valence-corrected chi connectivity index (χ1v) is 8.43. The molecule has 0 aromatic heterocycles. The van der Waals surface area contributed by atoms with Gasteiger partial charge in [-0.1, -0.05) is 0 Å². The zero-order chi connectivity index (χ0) is 14.7. The van der Waals surface area contributed by atoms with Gasteiger partial charge in [-0.3, -0.25) is 0 Å². The third kappa shape index (κ3) is 3.35. The fraction of sp³-hybridized carbons (Fsp3) is 0.562. The fourth-order valence-corrected chi connectivity index (χ4v) is 4.30. The Kier molecular flexibility index (Phi) is 4.40. The minimum Gasteiger partial charge on any atom is -0.490 e. The number of ether oxygens (including phenoxy) is 3. The third-order valence-electron chi connectivity index (χ3n) is 4.09. The quantitative estimate of drug-likeness (QED) is 0.803. The van der Waals surface area contributed by atoms with Gasteiger partial charge in [-0.25, -0.2) is 4.79 Å². The molecule has 2 fully saturated rings. The smallest absolute Gasteiger partial charge is 0.337 e. The van der Waals surface area contributed by atoms with Crippen LogP contribution in [0.15, 0.2) is 24.3 Å². The van der Waals surface area contributed by atoms with E-state index < -0.39 is 0 Å². The lowest BCUT2D eigenvalue weighted by atomic mass is 9.91. The van der Waals surface area contributed by atoms with Crippen LogP contribution in [0.1, 0.15) is 29.6 Å². The van der Waals surface area contributed by atoms with Gasteiger partial charge in [0.2, 0.25) is 0 Å². The predicted octanol–water partition coefficient (Wildman–Crippen LogP) is 2.91. The second-order valence-corrected chi connectivity index (χ2v) is 6.69. The maximum absolute atomic E-state index is 11.4. The number of hydrogen-bond acceptors (Lipinski definition) is 5. The summed E-state index contributed by atoms with van der Waals surface area (Å²) in [4.78, 5) is 11.4. The highest BCUT2D eigenvalue weighted by molar-refractivity contribution is 7.99. The van der Waals surface area contributed by atoms with Crippen LogP contribution in [0.25, 0.3) is 0 Å². The van der Waals surface area contributed by atoms with E-state index in [0.29, 0.717) is 5.56 Å². The summed E-state index contributed by atoms with van der Waals surface area (Å²) in [6.07, 6.45) is 3.20. The summed E-state index contributed by atoms with van der Waals surface area (Å²) in [6, 6.07) is 7.14. The van der Waals surface area contributed by atoms with Crippen molar-refractivity contribution in [3.05, 3.63) is 29.8 Å². The zero-order valence-corrected chi connectivity index (χ0v) is 13.0. The van der Waals surface area contributed by atoms with Crippen LogP contribution in [0, 0.1) is 0 Å². The predicted molar refractivity (Wildman–Crippen MR) is 82.1 cm³/mol. The lowest BCUT2D eigenvalue weighted by Gasteiger charge is -2.37. The van der Waals surface area contributed by atoms with Gasteiger partial charge in [0.15, 0.2) is 0 Å². The first-order valence-electron chi connectivity index (χ1n) is 7.27. The second kappa shape index (κ2) is 6.28. The van der Waals surface area contributed by atoms with Crippen molar-refractivity contribution in [1.29, 1.82) is 0 Å². The number of rotatable bonds is 3. The van der Waals surface area contributed by atoms with Crippen LogP contribution in [-0.2, 0) is 9.47 Å². The molecule has 0 radical (unpaired) electrons. The highest BCUT2D eigenvalue weighted by Crippen LogP contribution is 2.39. The lowest BCUT2D eigenvalue weighted by molar-refractivity contribution is -0.0958. The molecule has 0 aliphatic carbocycles. The van der Waals surface area contributed by atoms with Gasteiger partial charge < -0.3 is 14.2 Å². The van der Waals surface area contributed by atoms with Gasteiger partial charge in [0, 0.05) is 18.6 Å². The Labute approximate surface area is 129 Å². The SMILES string of the molecule is COC(=O)c1ccc(OC2CCOC3(CCSC3)C2)cc1. The number of carbonyl (C=O) groups is 1. The van der Waals surface area contributed by atoms with Crippen LogP contribution >= 0.6 is 11.8 Å². The molecule has 2 aliphatic heterocycles. The Morgan fingerprint density at radius 1 is 1.38 bits per heavy atom. The minimum atomic E-state index is -0.324. The van der Waals surface area contributed by atoms with Crippen LogP contribution in [0.4, 0.5) is 0 Å². The first-order chi connectivity index (χ1) is 10.2. The largest absolute Gasteiger partial charge is 0.490 e. The van der Waals surface area contributed by atoms with E-state index in [1.165, 1.54) is 12.9 Å². The number of thioether (sulfide) groups is 1. The highest BCUT2D eigenvalue weighted by Gasteiger charge is 2.41. The molecule has 0 bridgehead atoms. The summed E-state index contributed by atoms with van der Waals surface area (Å²) < 4.78 is 16.8. The van der Waals surface area contributed by atoms with E-state index in [9.17, 15) is 4.79 Å². The maximum atomic E-state index is 11.4. The number of methoxy groups -OCH3 is 1. The van der Waals surface area contributed by atoms with E-state index in [4.69, 9.17) is 14.2 Å². The molecule has 1 spiro atoms. The number of carbonyl (C=O) groups excluding carboxylic acids is 1. The molecule has 5 heteroatoms. The van der Waals surface area contributed by atoms with Crippen molar-refractivity contribution < 1.29 is 19.0 Å². The van der Waals surface area contributed by atoms with Gasteiger partial charge in [0.05, 0.1) is 24.9 Å². The molecule has 1 aromatic rings. The summed E-state index contributed by atoms with van der Waals surface area (Å²) >= 11 is 1.96. The van der Waals surface area contributed by atoms with Crippen molar-refractivity contribution in [2.24, 2.45) is 0 Å². The molecular formula is C16H20O4S. The maximum Gasteiger partial charge on any atom is 0.337 e. The molecule has 2 aliphatic rings. The second-order valence-electron chi connectivity index (χ2n) is 5.58. The summed E-state index contributed by atoms with van der Waals surface area (Å²) in [5, 5.41) is 0. The van der Waals surface area contributed by atoms with Gasteiger partial charge >= 0.3 is 5.97 Å². The van der Waals surface area contributed by atoms with Crippen molar-refractivity contribution in [2.75, 3.05) is 25.2 Å². The normalized spacial score (nSPS) is 28.5. The van der Waals surface area contributed by atoms with Crippen molar-refractivity contribution in [3.8, 4) is 5.75 Å². The van der Waals surface area contributed by atoms with E-state index in [0.717, 1.165) is 37.4 Å². The zero-order valence-electron chi connectivity index (χ0n) is 12.2. The van der Waals surface area contributed by atoms with Crippen molar-refractivity contribution in [2.45, 2.75) is 31.0 Å². The average Bonchev–Trinajstić information content (AvgIpc) is 2.95. The molecular weight excluding hydrogens is 288 g/mol. The minimum absolute atomic E-state index is 0.0273. The van der Waals surface area contributed by atoms with Gasteiger partial charge in [0.1, 0.15) is 11.9 Å². The summed E-state index contributed by atoms with van der Waals surface area (Å²) in [7, 11) is 1.38. The van der Waals surface area contributed by atoms with Gasteiger partial charge in [-0.05, 0) is 36.4 Å². The molecule has 0 N–H and O–H groups in total. The molecule has 3 rings (SSSR count). The Morgan fingerprint density at radius 3 is 2.86 bits per heavy atom. The molecule has 2 unspecified atom stereocenters. The van der Waals surface area contributed by atoms with E-state index in [2.05, 4.69) is 0 Å². The van der Waals surface area contributed by atoms with E-state index in [1.807, 2.05) is 23.9 Å². The van der Waals surface area contributed by atoms with Gasteiger partial charge in [0.25, 0.3) is 0 Å². The van der Waals surface area contributed by atoms with E-state index in [-0.39, 0.29) is 17.7 Å². The summed E-state index contributed by atoms with van der Waals surface area (Å²) in [5.74, 6) is 2.74. The van der Waals surface area contributed by atoms with Crippen LogP contribution in [-0.4, -0.2) is 42.9 Å². The number of esters is 1. The number of hydrogen-bond donors (Lipinski definition) is 0. The molecule has 2 heterocycles. The molecule has 114 valence electrons. The van der Waals surface area contributed by atoms with Crippen LogP contribution < -0.4 is 4.74 Å². The van der Waals surface area contributed by atoms with Crippen LogP contribution in [0.2, 0.25) is 0 Å².